The molecule has 0 unspecified atom stereocenters. The van der Waals surface area contributed by atoms with Crippen LogP contribution in [0.25, 0.3) is 0 Å². The Hall–Kier alpha value is -0.598. The molecule has 2 heteroatoms. The van der Waals surface area contributed by atoms with E-state index in [1.54, 1.807) is 0 Å². The summed E-state index contributed by atoms with van der Waals surface area (Å²) in [5, 5.41) is 2.82. The van der Waals surface area contributed by atoms with Crippen molar-refractivity contribution in [1.29, 1.82) is 0 Å². The van der Waals surface area contributed by atoms with E-state index in [1.165, 1.54) is 10.6 Å². The molecule has 0 nitrogen and oxygen atoms in total. The minimum Gasteiger partial charge on any atom is -0.339 e. The Morgan fingerprint density at radius 2 is 1.12 bits per heavy atom. The SMILES string of the molecule is [CH2-]CP(c1ccccc1)c1ccccc1.[Cr]. The van der Waals surface area contributed by atoms with E-state index in [4.69, 9.17) is 0 Å². The van der Waals surface area contributed by atoms with Gasteiger partial charge in [-0.15, -0.1) is 0 Å². The van der Waals surface area contributed by atoms with E-state index in [1.807, 2.05) is 0 Å². The molecule has 0 fully saturated rings. The van der Waals surface area contributed by atoms with Crippen LogP contribution in [-0.4, -0.2) is 6.16 Å². The molecular formula is C14H14CrP-. The Bertz CT molecular complexity index is 360. The standard InChI is InChI=1S/C14H14P.Cr/c1-2-15(13-9-5-3-6-10-13)14-11-7-4-8-12-14;/h3-12H,1-2H2;/q-1;. The van der Waals surface area contributed by atoms with E-state index in [2.05, 4.69) is 67.6 Å². The van der Waals surface area contributed by atoms with Crippen molar-refractivity contribution in [3.05, 3.63) is 67.6 Å². The first kappa shape index (κ1) is 13.5. The average molecular weight is 265 g/mol. The molecule has 0 aromatic heterocycles. The van der Waals surface area contributed by atoms with Gasteiger partial charge in [-0.3, -0.25) is 0 Å². The minimum absolute atomic E-state index is 0. The monoisotopic (exact) mass is 265 g/mol. The maximum atomic E-state index is 4.07. The summed E-state index contributed by atoms with van der Waals surface area (Å²) in [6.45, 7) is 4.07. The molecule has 2 rings (SSSR count). The van der Waals surface area contributed by atoms with Crippen molar-refractivity contribution in [2.24, 2.45) is 0 Å². The van der Waals surface area contributed by atoms with E-state index in [0.29, 0.717) is 0 Å². The van der Waals surface area contributed by atoms with Gasteiger partial charge in [-0.05, 0) is 10.6 Å². The first-order valence-corrected chi connectivity index (χ1v) is 6.61. The Morgan fingerprint density at radius 3 is 1.44 bits per heavy atom. The van der Waals surface area contributed by atoms with Crippen LogP contribution in [0.2, 0.25) is 0 Å². The molecule has 0 bridgehead atoms. The second-order valence-electron chi connectivity index (χ2n) is 3.32. The van der Waals surface area contributed by atoms with Crippen LogP contribution in [0.5, 0.6) is 0 Å². The summed E-state index contributed by atoms with van der Waals surface area (Å²) < 4.78 is 0. The fraction of sp³-hybridized carbons (Fsp3) is 0.0714. The van der Waals surface area contributed by atoms with Gasteiger partial charge in [0.15, 0.2) is 0 Å². The van der Waals surface area contributed by atoms with Crippen molar-refractivity contribution >= 4 is 18.5 Å². The van der Waals surface area contributed by atoms with Gasteiger partial charge in [0.1, 0.15) is 0 Å². The van der Waals surface area contributed by atoms with Gasteiger partial charge in [0.2, 0.25) is 0 Å². The van der Waals surface area contributed by atoms with Gasteiger partial charge < -0.3 is 6.92 Å². The molecule has 0 saturated carbocycles. The fourth-order valence-corrected chi connectivity index (χ4v) is 3.50. The van der Waals surface area contributed by atoms with E-state index in [0.717, 1.165) is 6.16 Å². The first-order valence-electron chi connectivity index (χ1n) is 5.08. The third kappa shape index (κ3) is 3.19. The molecule has 0 atom stereocenters. The third-order valence-electron chi connectivity index (χ3n) is 2.36. The predicted octanol–water partition coefficient (Wildman–Crippen LogP) is 2.95. The van der Waals surface area contributed by atoms with Crippen molar-refractivity contribution < 1.29 is 17.4 Å². The van der Waals surface area contributed by atoms with Crippen LogP contribution in [0.3, 0.4) is 0 Å². The molecule has 0 aliphatic heterocycles. The Balaban J connectivity index is 0.00000128. The molecule has 2 aromatic rings. The molecular weight excluding hydrogens is 251 g/mol. The van der Waals surface area contributed by atoms with Gasteiger partial charge in [0, 0.05) is 17.4 Å². The van der Waals surface area contributed by atoms with Crippen LogP contribution in [0.1, 0.15) is 0 Å². The molecule has 0 saturated heterocycles. The molecule has 16 heavy (non-hydrogen) atoms. The van der Waals surface area contributed by atoms with E-state index in [9.17, 15) is 0 Å². The minimum atomic E-state index is -0.260. The first-order chi connectivity index (χ1) is 7.42. The molecule has 0 heterocycles. The van der Waals surface area contributed by atoms with Crippen molar-refractivity contribution in [3.8, 4) is 0 Å². The van der Waals surface area contributed by atoms with Gasteiger partial charge in [0.25, 0.3) is 0 Å². The van der Waals surface area contributed by atoms with Crippen molar-refractivity contribution in [1.82, 2.24) is 0 Å². The van der Waals surface area contributed by atoms with E-state index < -0.39 is 0 Å². The molecule has 0 aliphatic rings. The molecule has 0 aliphatic carbocycles. The molecule has 0 radical (unpaired) electrons. The van der Waals surface area contributed by atoms with Crippen molar-refractivity contribution in [2.45, 2.75) is 0 Å². The second-order valence-corrected chi connectivity index (χ2v) is 5.66. The van der Waals surface area contributed by atoms with Crippen molar-refractivity contribution in [2.75, 3.05) is 6.16 Å². The summed E-state index contributed by atoms with van der Waals surface area (Å²) >= 11 is 0. The molecule has 0 amide bonds. The summed E-state index contributed by atoms with van der Waals surface area (Å²) in [5.74, 6) is 0. The second kappa shape index (κ2) is 6.87. The number of hydrogen-bond donors (Lipinski definition) is 0. The maximum Gasteiger partial charge on any atom is 0 e. The van der Waals surface area contributed by atoms with Crippen LogP contribution < -0.4 is 10.6 Å². The maximum absolute atomic E-state index is 4.07. The molecule has 0 spiro atoms. The van der Waals surface area contributed by atoms with Gasteiger partial charge >= 0.3 is 0 Å². The molecule has 82 valence electrons. The summed E-state index contributed by atoms with van der Waals surface area (Å²) in [7, 11) is -0.260. The predicted molar refractivity (Wildman–Crippen MR) is 69.3 cm³/mol. The largest absolute Gasteiger partial charge is 0.339 e. The van der Waals surface area contributed by atoms with Crippen molar-refractivity contribution in [3.63, 3.8) is 0 Å². The quantitative estimate of drug-likeness (QED) is 0.591. The Kier molecular flexibility index (Phi) is 5.78. The summed E-state index contributed by atoms with van der Waals surface area (Å²) in [6, 6.07) is 21.3. The molecule has 2 aromatic carbocycles. The van der Waals surface area contributed by atoms with Crippen LogP contribution in [0.15, 0.2) is 60.7 Å². The topological polar surface area (TPSA) is 0 Å². The zero-order chi connectivity index (χ0) is 10.5. The van der Waals surface area contributed by atoms with Crippen LogP contribution in [-0.2, 0) is 17.4 Å². The zero-order valence-corrected chi connectivity index (χ0v) is 11.2. The zero-order valence-electron chi connectivity index (χ0n) is 9.04. The van der Waals surface area contributed by atoms with Gasteiger partial charge in [0.05, 0.1) is 0 Å². The fourth-order valence-electron chi connectivity index (χ4n) is 1.62. The normalized spacial score (nSPS) is 9.88. The van der Waals surface area contributed by atoms with Gasteiger partial charge in [-0.1, -0.05) is 68.6 Å². The summed E-state index contributed by atoms with van der Waals surface area (Å²) in [5.41, 5.74) is 0. The number of rotatable bonds is 3. The summed E-state index contributed by atoms with van der Waals surface area (Å²) in [4.78, 5) is 0. The van der Waals surface area contributed by atoms with Gasteiger partial charge in [-0.25, -0.2) is 0 Å². The Labute approximate surface area is 110 Å². The van der Waals surface area contributed by atoms with Crippen LogP contribution >= 0.6 is 7.92 Å². The smallest absolute Gasteiger partial charge is 0 e. The summed E-state index contributed by atoms with van der Waals surface area (Å²) in [6.07, 6.45) is 0.962. The molecule has 0 N–H and O–H groups in total. The Morgan fingerprint density at radius 1 is 0.750 bits per heavy atom. The average Bonchev–Trinajstić information content (AvgIpc) is 2.33. The van der Waals surface area contributed by atoms with E-state index >= 15 is 0 Å². The van der Waals surface area contributed by atoms with Crippen LogP contribution in [0.4, 0.5) is 0 Å². The van der Waals surface area contributed by atoms with Crippen LogP contribution in [0, 0.1) is 6.92 Å². The van der Waals surface area contributed by atoms with E-state index in [-0.39, 0.29) is 25.3 Å². The number of hydrogen-bond acceptors (Lipinski definition) is 0. The third-order valence-corrected chi connectivity index (χ3v) is 4.65. The number of benzene rings is 2. The van der Waals surface area contributed by atoms with Gasteiger partial charge in [-0.2, -0.15) is 6.16 Å².